The molecule has 12 nitrogen and oxygen atoms in total. The SMILES string of the molecule is Nc1ccc(NN(C(=O)c2ccccc2)N(c2cccc(N)c2)N(C=O)N(NC=O)c2ccc(N)cc2)cc1. The van der Waals surface area contributed by atoms with E-state index >= 15 is 0 Å². The number of carbonyl (C=O) groups excluding carboxylic acids is 3. The van der Waals surface area contributed by atoms with E-state index in [4.69, 9.17) is 17.2 Å². The second-order valence-electron chi connectivity index (χ2n) is 8.18. The largest absolute Gasteiger partial charge is 0.399 e. The van der Waals surface area contributed by atoms with Crippen LogP contribution in [0.4, 0.5) is 34.1 Å². The molecule has 0 fully saturated rings. The second-order valence-corrected chi connectivity index (χ2v) is 8.18. The smallest absolute Gasteiger partial charge is 0.293 e. The lowest BCUT2D eigenvalue weighted by Gasteiger charge is -2.45. The Morgan fingerprint density at radius 1 is 0.692 bits per heavy atom. The highest BCUT2D eigenvalue weighted by Gasteiger charge is 2.33. The minimum Gasteiger partial charge on any atom is -0.399 e. The van der Waals surface area contributed by atoms with Crippen LogP contribution in [0.1, 0.15) is 10.4 Å². The van der Waals surface area contributed by atoms with Crippen molar-refractivity contribution in [1.82, 2.24) is 15.7 Å². The Bertz CT molecular complexity index is 1420. The van der Waals surface area contributed by atoms with Gasteiger partial charge in [-0.25, -0.2) is 5.43 Å². The number of nitrogen functional groups attached to an aromatic ring is 3. The van der Waals surface area contributed by atoms with Crippen LogP contribution >= 0.6 is 0 Å². The average Bonchev–Trinajstić information content (AvgIpc) is 2.95. The van der Waals surface area contributed by atoms with E-state index in [0.29, 0.717) is 52.5 Å². The van der Waals surface area contributed by atoms with Gasteiger partial charge in [0.1, 0.15) is 0 Å². The Balaban J connectivity index is 1.90. The van der Waals surface area contributed by atoms with Crippen LogP contribution in [0.5, 0.6) is 0 Å². The zero-order chi connectivity index (χ0) is 27.8. The van der Waals surface area contributed by atoms with Gasteiger partial charge in [-0.1, -0.05) is 24.3 Å². The lowest BCUT2D eigenvalue weighted by Crippen LogP contribution is -2.66. The first kappa shape index (κ1) is 26.2. The predicted molar refractivity (Wildman–Crippen MR) is 151 cm³/mol. The van der Waals surface area contributed by atoms with Gasteiger partial charge in [0.15, 0.2) is 0 Å². The number of nitrogens with one attached hydrogen (secondary N) is 2. The van der Waals surface area contributed by atoms with Crippen LogP contribution in [-0.4, -0.2) is 29.0 Å². The first-order valence-electron chi connectivity index (χ1n) is 11.7. The molecule has 0 aliphatic heterocycles. The summed E-state index contributed by atoms with van der Waals surface area (Å²) in [6.45, 7) is 0. The van der Waals surface area contributed by atoms with Gasteiger partial charge in [-0.3, -0.25) is 19.8 Å². The van der Waals surface area contributed by atoms with E-state index in [1.807, 2.05) is 0 Å². The molecule has 4 rings (SSSR count). The van der Waals surface area contributed by atoms with Crippen molar-refractivity contribution in [1.29, 1.82) is 0 Å². The number of anilines is 6. The van der Waals surface area contributed by atoms with E-state index in [-0.39, 0.29) is 0 Å². The highest BCUT2D eigenvalue weighted by Crippen LogP contribution is 2.27. The monoisotopic (exact) mass is 525 g/mol. The summed E-state index contributed by atoms with van der Waals surface area (Å²) in [5.74, 6) is -0.537. The molecule has 198 valence electrons. The summed E-state index contributed by atoms with van der Waals surface area (Å²) in [7, 11) is 0. The molecule has 39 heavy (non-hydrogen) atoms. The second kappa shape index (κ2) is 11.9. The van der Waals surface area contributed by atoms with Gasteiger partial charge in [0.2, 0.25) is 6.41 Å². The van der Waals surface area contributed by atoms with Crippen LogP contribution in [0.25, 0.3) is 0 Å². The molecule has 8 N–H and O–H groups in total. The van der Waals surface area contributed by atoms with E-state index in [1.54, 1.807) is 103 Å². The van der Waals surface area contributed by atoms with Crippen molar-refractivity contribution < 1.29 is 14.4 Å². The van der Waals surface area contributed by atoms with Gasteiger partial charge >= 0.3 is 0 Å². The number of nitrogens with zero attached hydrogens (tertiary/aromatic N) is 4. The predicted octanol–water partition coefficient (Wildman–Crippen LogP) is 2.78. The molecule has 0 unspecified atom stereocenters. The summed E-state index contributed by atoms with van der Waals surface area (Å²) in [6.07, 6.45) is 0.813. The summed E-state index contributed by atoms with van der Waals surface area (Å²) >= 11 is 0. The molecule has 0 aliphatic carbocycles. The molecule has 0 spiro atoms. The number of hydrazine groups is 5. The van der Waals surface area contributed by atoms with Crippen molar-refractivity contribution in [3.8, 4) is 0 Å². The van der Waals surface area contributed by atoms with Crippen LogP contribution in [-0.2, 0) is 9.59 Å². The molecule has 4 aromatic rings. The Hall–Kier alpha value is -5.91. The molecule has 0 atom stereocenters. The van der Waals surface area contributed by atoms with Crippen molar-refractivity contribution in [3.05, 3.63) is 109 Å². The number of carbonyl (C=O) groups is 3. The van der Waals surface area contributed by atoms with Crippen molar-refractivity contribution in [3.63, 3.8) is 0 Å². The Labute approximate surface area is 224 Å². The molecular weight excluding hydrogens is 498 g/mol. The van der Waals surface area contributed by atoms with Gasteiger partial charge < -0.3 is 17.2 Å². The topological polar surface area (TPSA) is 166 Å². The van der Waals surface area contributed by atoms with E-state index in [1.165, 1.54) is 5.12 Å². The molecule has 4 aromatic carbocycles. The van der Waals surface area contributed by atoms with E-state index < -0.39 is 5.91 Å². The van der Waals surface area contributed by atoms with E-state index in [0.717, 1.165) is 15.4 Å². The van der Waals surface area contributed by atoms with E-state index in [2.05, 4.69) is 10.9 Å². The van der Waals surface area contributed by atoms with Crippen molar-refractivity contribution in [2.75, 3.05) is 32.9 Å². The Kier molecular flexibility index (Phi) is 7.97. The maximum atomic E-state index is 14.0. The zero-order valence-corrected chi connectivity index (χ0v) is 20.7. The summed E-state index contributed by atoms with van der Waals surface area (Å²) in [5.41, 5.74) is 26.1. The fourth-order valence-electron chi connectivity index (χ4n) is 3.64. The van der Waals surface area contributed by atoms with Crippen molar-refractivity contribution in [2.24, 2.45) is 0 Å². The molecule has 12 heteroatoms. The van der Waals surface area contributed by atoms with Crippen LogP contribution < -0.4 is 38.3 Å². The minimum absolute atomic E-state index is 0.308. The van der Waals surface area contributed by atoms with Crippen LogP contribution in [0.2, 0.25) is 0 Å². The Morgan fingerprint density at radius 3 is 1.92 bits per heavy atom. The molecular formula is C27H27N9O3. The first-order chi connectivity index (χ1) is 18.9. The van der Waals surface area contributed by atoms with Crippen molar-refractivity contribution >= 4 is 52.9 Å². The molecule has 0 aromatic heterocycles. The van der Waals surface area contributed by atoms with Gasteiger partial charge in [-0.15, -0.1) is 15.4 Å². The lowest BCUT2D eigenvalue weighted by molar-refractivity contribution is -0.123. The number of benzene rings is 4. The molecule has 0 radical (unpaired) electrons. The summed E-state index contributed by atoms with van der Waals surface area (Å²) in [5, 5.41) is 4.46. The fourth-order valence-corrected chi connectivity index (χ4v) is 3.64. The quantitative estimate of drug-likeness (QED) is 0.112. The molecule has 0 aliphatic rings. The van der Waals surface area contributed by atoms with Crippen LogP contribution in [0, 0.1) is 0 Å². The van der Waals surface area contributed by atoms with Gasteiger partial charge in [0.25, 0.3) is 12.3 Å². The standard InChI is InChI=1S/C27H27N9O3/c28-21-9-13-24(14-10-21)32-35(27(39)20-5-2-1-3-6-20)36(26-8-4-7-23(30)17-26)33(19-38)34(31-18-37)25-15-11-22(29)12-16-25/h1-19,32H,28-30H2,(H,31,37). The third-order valence-electron chi connectivity index (χ3n) is 5.46. The molecule has 0 bridgehead atoms. The number of hydrogen-bond donors (Lipinski definition) is 5. The molecule has 0 saturated heterocycles. The lowest BCUT2D eigenvalue weighted by atomic mass is 10.2. The Morgan fingerprint density at radius 2 is 1.33 bits per heavy atom. The minimum atomic E-state index is -0.537. The maximum absolute atomic E-state index is 14.0. The highest BCUT2D eigenvalue weighted by atomic mass is 16.2. The zero-order valence-electron chi connectivity index (χ0n) is 20.7. The van der Waals surface area contributed by atoms with Crippen LogP contribution in [0.3, 0.4) is 0 Å². The van der Waals surface area contributed by atoms with E-state index in [9.17, 15) is 14.4 Å². The number of nitrogens with two attached hydrogens (primary N) is 3. The molecule has 3 amide bonds. The van der Waals surface area contributed by atoms with Gasteiger partial charge in [0.05, 0.1) is 17.1 Å². The highest BCUT2D eigenvalue weighted by molar-refractivity contribution is 5.96. The number of rotatable bonds is 11. The molecule has 0 heterocycles. The first-order valence-corrected chi connectivity index (χ1v) is 11.7. The van der Waals surface area contributed by atoms with Crippen molar-refractivity contribution in [2.45, 2.75) is 0 Å². The number of amides is 3. The number of hydrogen-bond acceptors (Lipinski definition) is 9. The van der Waals surface area contributed by atoms with Gasteiger partial charge in [-0.05, 0) is 78.9 Å². The third kappa shape index (κ3) is 6.09. The average molecular weight is 526 g/mol. The normalized spacial score (nSPS) is 10.2. The maximum Gasteiger partial charge on any atom is 0.293 e. The summed E-state index contributed by atoms with van der Waals surface area (Å²) in [4.78, 5) is 38.4. The fraction of sp³-hybridized carbons (Fsp3) is 0. The van der Waals surface area contributed by atoms with Crippen LogP contribution in [0.15, 0.2) is 103 Å². The van der Waals surface area contributed by atoms with Gasteiger partial charge in [0, 0.05) is 22.6 Å². The van der Waals surface area contributed by atoms with Gasteiger partial charge in [-0.2, -0.15) is 5.12 Å². The molecule has 0 saturated carbocycles. The summed E-state index contributed by atoms with van der Waals surface area (Å²) < 4.78 is 0. The third-order valence-corrected chi connectivity index (χ3v) is 5.46. The summed E-state index contributed by atoms with van der Waals surface area (Å²) in [6, 6.07) is 28.0.